The average molecular weight is 488 g/mol. The van der Waals surface area contributed by atoms with E-state index in [2.05, 4.69) is 20.8 Å². The third-order valence-corrected chi connectivity index (χ3v) is 6.04. The van der Waals surface area contributed by atoms with Gasteiger partial charge in [0.25, 0.3) is 5.91 Å². The van der Waals surface area contributed by atoms with Crippen LogP contribution < -0.4 is 15.4 Å². The van der Waals surface area contributed by atoms with E-state index in [1.807, 2.05) is 66.1 Å². The number of thioether (sulfide) groups is 1. The first-order valence-corrected chi connectivity index (χ1v) is 11.9. The van der Waals surface area contributed by atoms with E-state index < -0.39 is 0 Å². The van der Waals surface area contributed by atoms with Crippen LogP contribution in [0.5, 0.6) is 5.75 Å². The molecule has 0 aliphatic carbocycles. The summed E-state index contributed by atoms with van der Waals surface area (Å²) < 4.78 is 7.12. The summed E-state index contributed by atoms with van der Waals surface area (Å²) in [6.45, 7) is 2.12. The minimum absolute atomic E-state index is 0.144. The number of amides is 2. The summed E-state index contributed by atoms with van der Waals surface area (Å²) in [4.78, 5) is 25.3. The Kier molecular flexibility index (Phi) is 7.79. The minimum Gasteiger partial charge on any atom is -0.496 e. The van der Waals surface area contributed by atoms with Crippen molar-refractivity contribution in [2.75, 3.05) is 18.2 Å². The van der Waals surface area contributed by atoms with Gasteiger partial charge in [0.1, 0.15) is 5.75 Å². The van der Waals surface area contributed by atoms with E-state index in [1.54, 1.807) is 24.3 Å². The molecule has 3 aromatic carbocycles. The summed E-state index contributed by atoms with van der Waals surface area (Å²) in [6.07, 6.45) is 0. The smallest absolute Gasteiger partial charge is 0.255 e. The van der Waals surface area contributed by atoms with Gasteiger partial charge < -0.3 is 15.4 Å². The standard InChI is InChI=1S/C26H25N5O3S/c1-18-9-8-10-19(15-18)28-24(32)17-35-26-30-29-23(31(26)20-11-4-3-5-12-20)16-27-25(33)21-13-6-7-14-22(21)34-2/h3-15H,16-17H2,1-2H3,(H,27,33)(H,28,32). The number of hydrogen-bond donors (Lipinski definition) is 2. The second kappa shape index (κ2) is 11.3. The molecule has 0 saturated heterocycles. The number of benzene rings is 3. The van der Waals surface area contributed by atoms with Gasteiger partial charge >= 0.3 is 0 Å². The lowest BCUT2D eigenvalue weighted by Gasteiger charge is -2.12. The molecule has 0 atom stereocenters. The summed E-state index contributed by atoms with van der Waals surface area (Å²) in [7, 11) is 1.52. The van der Waals surface area contributed by atoms with Crippen LogP contribution >= 0.6 is 11.8 Å². The molecule has 2 N–H and O–H groups in total. The van der Waals surface area contributed by atoms with E-state index in [9.17, 15) is 9.59 Å². The van der Waals surface area contributed by atoms with Crippen molar-refractivity contribution in [3.63, 3.8) is 0 Å². The molecule has 0 spiro atoms. The maximum Gasteiger partial charge on any atom is 0.255 e. The highest BCUT2D eigenvalue weighted by molar-refractivity contribution is 7.99. The van der Waals surface area contributed by atoms with Crippen molar-refractivity contribution in [2.24, 2.45) is 0 Å². The Morgan fingerprint density at radius 1 is 0.971 bits per heavy atom. The highest BCUT2D eigenvalue weighted by Gasteiger charge is 2.18. The van der Waals surface area contributed by atoms with Crippen molar-refractivity contribution in [3.8, 4) is 11.4 Å². The normalized spacial score (nSPS) is 10.6. The lowest BCUT2D eigenvalue weighted by Crippen LogP contribution is -2.25. The number of nitrogens with zero attached hydrogens (tertiary/aromatic N) is 3. The molecule has 0 radical (unpaired) electrons. The van der Waals surface area contributed by atoms with Gasteiger partial charge in [0.2, 0.25) is 5.91 Å². The van der Waals surface area contributed by atoms with Crippen LogP contribution in [0.4, 0.5) is 5.69 Å². The van der Waals surface area contributed by atoms with Crippen LogP contribution in [0.1, 0.15) is 21.7 Å². The van der Waals surface area contributed by atoms with Crippen LogP contribution in [0.3, 0.4) is 0 Å². The van der Waals surface area contributed by atoms with Crippen LogP contribution in [0.15, 0.2) is 84.0 Å². The molecule has 0 fully saturated rings. The van der Waals surface area contributed by atoms with Gasteiger partial charge in [-0.2, -0.15) is 0 Å². The van der Waals surface area contributed by atoms with Crippen molar-refractivity contribution in [1.29, 1.82) is 0 Å². The van der Waals surface area contributed by atoms with Crippen LogP contribution in [-0.4, -0.2) is 39.4 Å². The number of para-hydroxylation sites is 2. The first kappa shape index (κ1) is 24.0. The fraction of sp³-hybridized carbons (Fsp3) is 0.154. The second-order valence-corrected chi connectivity index (χ2v) is 8.60. The largest absolute Gasteiger partial charge is 0.496 e. The zero-order valence-corrected chi connectivity index (χ0v) is 20.2. The molecule has 178 valence electrons. The molecule has 8 nitrogen and oxygen atoms in total. The zero-order chi connectivity index (χ0) is 24.6. The number of aryl methyl sites for hydroxylation is 1. The third kappa shape index (κ3) is 6.07. The molecule has 4 rings (SSSR count). The highest BCUT2D eigenvalue weighted by atomic mass is 32.2. The predicted molar refractivity (Wildman–Crippen MR) is 136 cm³/mol. The molecule has 1 aromatic heterocycles. The Morgan fingerprint density at radius 2 is 1.74 bits per heavy atom. The molecule has 0 unspecified atom stereocenters. The lowest BCUT2D eigenvalue weighted by atomic mass is 10.2. The minimum atomic E-state index is -0.281. The number of anilines is 1. The fourth-order valence-electron chi connectivity index (χ4n) is 3.48. The molecule has 0 bridgehead atoms. The summed E-state index contributed by atoms with van der Waals surface area (Å²) in [6, 6.07) is 24.2. The SMILES string of the molecule is COc1ccccc1C(=O)NCc1nnc(SCC(=O)Nc2cccc(C)c2)n1-c1ccccc1. The van der Waals surface area contributed by atoms with Crippen LogP contribution in [0, 0.1) is 6.92 Å². The summed E-state index contributed by atoms with van der Waals surface area (Å²) in [5.74, 6) is 0.768. The van der Waals surface area contributed by atoms with Gasteiger partial charge in [-0.3, -0.25) is 14.2 Å². The van der Waals surface area contributed by atoms with E-state index in [0.29, 0.717) is 22.3 Å². The Bertz CT molecular complexity index is 1320. The van der Waals surface area contributed by atoms with Crippen molar-refractivity contribution in [2.45, 2.75) is 18.6 Å². The molecule has 35 heavy (non-hydrogen) atoms. The van der Waals surface area contributed by atoms with Crippen molar-refractivity contribution in [1.82, 2.24) is 20.1 Å². The lowest BCUT2D eigenvalue weighted by molar-refractivity contribution is -0.113. The highest BCUT2D eigenvalue weighted by Crippen LogP contribution is 2.23. The summed E-state index contributed by atoms with van der Waals surface area (Å²) in [5, 5.41) is 14.9. The predicted octanol–water partition coefficient (Wildman–Crippen LogP) is 4.25. The molecular weight excluding hydrogens is 462 g/mol. The van der Waals surface area contributed by atoms with Crippen LogP contribution in [0.25, 0.3) is 5.69 Å². The van der Waals surface area contributed by atoms with Gasteiger partial charge in [-0.1, -0.05) is 54.2 Å². The average Bonchev–Trinajstić information content (AvgIpc) is 3.29. The number of methoxy groups -OCH3 is 1. The Hall–Kier alpha value is -4.11. The fourth-order valence-corrected chi connectivity index (χ4v) is 4.25. The number of carbonyl (C=O) groups excluding carboxylic acids is 2. The number of aromatic nitrogens is 3. The van der Waals surface area contributed by atoms with Crippen LogP contribution in [-0.2, 0) is 11.3 Å². The van der Waals surface area contributed by atoms with E-state index in [1.165, 1.54) is 18.9 Å². The van der Waals surface area contributed by atoms with E-state index >= 15 is 0 Å². The Morgan fingerprint density at radius 3 is 2.51 bits per heavy atom. The van der Waals surface area contributed by atoms with E-state index in [4.69, 9.17) is 4.74 Å². The maximum atomic E-state index is 12.8. The number of carbonyl (C=O) groups is 2. The number of hydrogen-bond acceptors (Lipinski definition) is 6. The monoisotopic (exact) mass is 487 g/mol. The van der Waals surface area contributed by atoms with Gasteiger partial charge in [-0.15, -0.1) is 10.2 Å². The molecule has 0 aliphatic rings. The van der Waals surface area contributed by atoms with Crippen molar-refractivity contribution >= 4 is 29.3 Å². The maximum absolute atomic E-state index is 12.8. The topological polar surface area (TPSA) is 98.1 Å². The molecule has 0 saturated carbocycles. The third-order valence-electron chi connectivity index (χ3n) is 5.11. The van der Waals surface area contributed by atoms with Crippen molar-refractivity contribution in [3.05, 3.63) is 95.8 Å². The quantitative estimate of drug-likeness (QED) is 0.343. The first-order chi connectivity index (χ1) is 17.0. The van der Waals surface area contributed by atoms with E-state index in [0.717, 1.165) is 16.9 Å². The van der Waals surface area contributed by atoms with Gasteiger partial charge in [0.15, 0.2) is 11.0 Å². The molecule has 9 heteroatoms. The summed E-state index contributed by atoms with van der Waals surface area (Å²) in [5.41, 5.74) is 3.09. The summed E-state index contributed by atoms with van der Waals surface area (Å²) >= 11 is 1.28. The van der Waals surface area contributed by atoms with Crippen LogP contribution in [0.2, 0.25) is 0 Å². The zero-order valence-electron chi connectivity index (χ0n) is 19.4. The second-order valence-electron chi connectivity index (χ2n) is 7.66. The number of rotatable bonds is 9. The van der Waals surface area contributed by atoms with Crippen molar-refractivity contribution < 1.29 is 14.3 Å². The Labute approximate surface area is 207 Å². The van der Waals surface area contributed by atoms with Gasteiger partial charge in [-0.05, 0) is 48.9 Å². The molecular formula is C26H25N5O3S. The molecule has 2 amide bonds. The first-order valence-electron chi connectivity index (χ1n) is 11.0. The van der Waals surface area contributed by atoms with Gasteiger partial charge in [0, 0.05) is 11.4 Å². The number of nitrogens with one attached hydrogen (secondary N) is 2. The molecule has 1 heterocycles. The Balaban J connectivity index is 1.49. The van der Waals surface area contributed by atoms with E-state index in [-0.39, 0.29) is 24.1 Å². The van der Waals surface area contributed by atoms with Gasteiger partial charge in [0.05, 0.1) is 25.0 Å². The molecule has 4 aromatic rings. The molecule has 0 aliphatic heterocycles. The van der Waals surface area contributed by atoms with Gasteiger partial charge in [-0.25, -0.2) is 0 Å². The number of ether oxygens (including phenoxy) is 1.